The fraction of sp³-hybridized carbons (Fsp3) is 0.136. The zero-order valence-electron chi connectivity index (χ0n) is 15.6. The van der Waals surface area contributed by atoms with E-state index in [2.05, 4.69) is 70.6 Å². The van der Waals surface area contributed by atoms with E-state index in [0.29, 0.717) is 5.95 Å². The van der Waals surface area contributed by atoms with E-state index in [1.54, 1.807) is 6.20 Å². The van der Waals surface area contributed by atoms with Crippen molar-refractivity contribution in [1.82, 2.24) is 19.7 Å². The van der Waals surface area contributed by atoms with Crippen molar-refractivity contribution in [1.29, 1.82) is 0 Å². The second kappa shape index (κ2) is 7.03. The molecule has 1 N–H and O–H groups in total. The minimum Gasteiger partial charge on any atom is -0.324 e. The molecule has 0 aliphatic heterocycles. The van der Waals surface area contributed by atoms with Gasteiger partial charge in [-0.25, -0.2) is 14.6 Å². The Bertz CT molecular complexity index is 1080. The standard InChI is InChI=1S/C22H21N5/c1-15-7-9-19(10-8-15)27-14-20(17(3)26-27)21-11-12-23-22(25-21)24-18-6-4-5-16(2)13-18/h4-14H,1-3H3,(H,23,24,25). The van der Waals surface area contributed by atoms with Crippen LogP contribution in [0.5, 0.6) is 0 Å². The molecule has 5 nitrogen and oxygen atoms in total. The first-order valence-electron chi connectivity index (χ1n) is 8.89. The van der Waals surface area contributed by atoms with E-state index < -0.39 is 0 Å². The Morgan fingerprint density at radius 2 is 1.70 bits per heavy atom. The molecule has 0 bridgehead atoms. The molecule has 4 rings (SSSR count). The SMILES string of the molecule is Cc1ccc(-n2cc(-c3ccnc(Nc4cccc(C)c4)n3)c(C)n2)cc1. The minimum absolute atomic E-state index is 0.570. The minimum atomic E-state index is 0.570. The van der Waals surface area contributed by atoms with Gasteiger partial charge in [0.25, 0.3) is 0 Å². The molecule has 0 aliphatic rings. The molecular formula is C22H21N5. The van der Waals surface area contributed by atoms with E-state index in [1.165, 1.54) is 11.1 Å². The number of benzene rings is 2. The molecule has 0 unspecified atom stereocenters. The topological polar surface area (TPSA) is 55.6 Å². The summed E-state index contributed by atoms with van der Waals surface area (Å²) in [5, 5.41) is 7.92. The molecule has 134 valence electrons. The van der Waals surface area contributed by atoms with Gasteiger partial charge >= 0.3 is 0 Å². The number of rotatable bonds is 4. The third-order valence-corrected chi connectivity index (χ3v) is 4.40. The zero-order valence-corrected chi connectivity index (χ0v) is 15.6. The fourth-order valence-electron chi connectivity index (χ4n) is 2.96. The predicted molar refractivity (Wildman–Crippen MR) is 109 cm³/mol. The summed E-state index contributed by atoms with van der Waals surface area (Å²) < 4.78 is 1.89. The van der Waals surface area contributed by atoms with E-state index in [9.17, 15) is 0 Å². The maximum Gasteiger partial charge on any atom is 0.227 e. The molecular weight excluding hydrogens is 334 g/mol. The fourth-order valence-corrected chi connectivity index (χ4v) is 2.96. The van der Waals surface area contributed by atoms with E-state index in [1.807, 2.05) is 36.0 Å². The Balaban J connectivity index is 1.65. The van der Waals surface area contributed by atoms with E-state index >= 15 is 0 Å². The third kappa shape index (κ3) is 3.72. The van der Waals surface area contributed by atoms with Crippen LogP contribution in [0.25, 0.3) is 16.9 Å². The highest BCUT2D eigenvalue weighted by atomic mass is 15.3. The first kappa shape index (κ1) is 17.0. The summed E-state index contributed by atoms with van der Waals surface area (Å²) in [6.07, 6.45) is 3.78. The van der Waals surface area contributed by atoms with Crippen LogP contribution in [0.2, 0.25) is 0 Å². The van der Waals surface area contributed by atoms with Crippen LogP contribution in [-0.4, -0.2) is 19.7 Å². The normalized spacial score (nSPS) is 10.8. The van der Waals surface area contributed by atoms with Gasteiger partial charge in [-0.1, -0.05) is 29.8 Å². The molecule has 2 heterocycles. The van der Waals surface area contributed by atoms with Gasteiger partial charge in [0.15, 0.2) is 0 Å². The van der Waals surface area contributed by atoms with Gasteiger partial charge in [0.05, 0.1) is 17.1 Å². The molecule has 0 amide bonds. The molecule has 0 spiro atoms. The molecule has 0 radical (unpaired) electrons. The van der Waals surface area contributed by atoms with Crippen LogP contribution in [0, 0.1) is 20.8 Å². The molecule has 2 aromatic heterocycles. The summed E-state index contributed by atoms with van der Waals surface area (Å²) >= 11 is 0. The summed E-state index contributed by atoms with van der Waals surface area (Å²) in [6.45, 7) is 6.13. The highest BCUT2D eigenvalue weighted by Crippen LogP contribution is 2.24. The van der Waals surface area contributed by atoms with Crippen LogP contribution in [0.4, 0.5) is 11.6 Å². The van der Waals surface area contributed by atoms with Crippen molar-refractivity contribution in [2.75, 3.05) is 5.32 Å². The quantitative estimate of drug-likeness (QED) is 0.560. The van der Waals surface area contributed by atoms with Gasteiger partial charge in [-0.15, -0.1) is 0 Å². The number of nitrogens with one attached hydrogen (secondary N) is 1. The molecule has 5 heteroatoms. The van der Waals surface area contributed by atoms with Crippen LogP contribution < -0.4 is 5.32 Å². The lowest BCUT2D eigenvalue weighted by Crippen LogP contribution is -1.98. The monoisotopic (exact) mass is 355 g/mol. The van der Waals surface area contributed by atoms with Crippen LogP contribution in [0.1, 0.15) is 16.8 Å². The predicted octanol–water partition coefficient (Wildman–Crippen LogP) is 5.00. The van der Waals surface area contributed by atoms with Gasteiger partial charge in [-0.05, 0) is 56.7 Å². The molecule has 0 fully saturated rings. The number of anilines is 2. The van der Waals surface area contributed by atoms with Crippen molar-refractivity contribution < 1.29 is 0 Å². The summed E-state index contributed by atoms with van der Waals surface area (Å²) in [6, 6.07) is 18.3. The first-order chi connectivity index (χ1) is 13.1. The second-order valence-electron chi connectivity index (χ2n) is 6.67. The van der Waals surface area contributed by atoms with E-state index in [-0.39, 0.29) is 0 Å². The van der Waals surface area contributed by atoms with Gasteiger partial charge < -0.3 is 5.32 Å². The van der Waals surface area contributed by atoms with Crippen LogP contribution >= 0.6 is 0 Å². The number of aryl methyl sites for hydroxylation is 3. The third-order valence-electron chi connectivity index (χ3n) is 4.40. The summed E-state index contributed by atoms with van der Waals surface area (Å²) in [7, 11) is 0. The average Bonchev–Trinajstić information content (AvgIpc) is 3.04. The molecule has 0 aliphatic carbocycles. The van der Waals surface area contributed by atoms with Crippen molar-refractivity contribution >= 4 is 11.6 Å². The lowest BCUT2D eigenvalue weighted by molar-refractivity contribution is 0.862. The molecule has 2 aromatic carbocycles. The second-order valence-corrected chi connectivity index (χ2v) is 6.67. The Kier molecular flexibility index (Phi) is 4.42. The zero-order chi connectivity index (χ0) is 18.8. The van der Waals surface area contributed by atoms with Gasteiger partial charge in [-0.3, -0.25) is 0 Å². The van der Waals surface area contributed by atoms with Crippen molar-refractivity contribution in [2.45, 2.75) is 20.8 Å². The Labute approximate surface area is 158 Å². The average molecular weight is 355 g/mol. The van der Waals surface area contributed by atoms with E-state index in [4.69, 9.17) is 0 Å². The van der Waals surface area contributed by atoms with Gasteiger partial charge in [0.2, 0.25) is 5.95 Å². The summed E-state index contributed by atoms with van der Waals surface area (Å²) in [4.78, 5) is 9.02. The smallest absolute Gasteiger partial charge is 0.227 e. The molecule has 0 saturated heterocycles. The Morgan fingerprint density at radius 3 is 2.48 bits per heavy atom. The van der Waals surface area contributed by atoms with Crippen molar-refractivity contribution in [2.24, 2.45) is 0 Å². The maximum absolute atomic E-state index is 4.67. The molecule has 0 saturated carbocycles. The number of hydrogen-bond acceptors (Lipinski definition) is 4. The van der Waals surface area contributed by atoms with Gasteiger partial charge in [0.1, 0.15) is 0 Å². The highest BCUT2D eigenvalue weighted by molar-refractivity contribution is 5.64. The molecule has 4 aromatic rings. The van der Waals surface area contributed by atoms with Crippen LogP contribution in [0.3, 0.4) is 0 Å². The number of nitrogens with zero attached hydrogens (tertiary/aromatic N) is 4. The summed E-state index contributed by atoms with van der Waals surface area (Å²) in [5.74, 6) is 0.570. The molecule has 0 atom stereocenters. The summed E-state index contributed by atoms with van der Waals surface area (Å²) in [5.41, 5.74) is 7.18. The lowest BCUT2D eigenvalue weighted by atomic mass is 10.2. The van der Waals surface area contributed by atoms with E-state index in [0.717, 1.165) is 28.3 Å². The number of aromatic nitrogens is 4. The maximum atomic E-state index is 4.67. The Morgan fingerprint density at radius 1 is 0.889 bits per heavy atom. The van der Waals surface area contributed by atoms with Crippen molar-refractivity contribution in [3.8, 4) is 16.9 Å². The first-order valence-corrected chi connectivity index (χ1v) is 8.89. The Hall–Kier alpha value is -3.47. The largest absolute Gasteiger partial charge is 0.324 e. The van der Waals surface area contributed by atoms with Crippen LogP contribution in [0.15, 0.2) is 67.0 Å². The lowest BCUT2D eigenvalue weighted by Gasteiger charge is -2.06. The highest BCUT2D eigenvalue weighted by Gasteiger charge is 2.11. The van der Waals surface area contributed by atoms with Gasteiger partial charge in [-0.2, -0.15) is 5.10 Å². The number of hydrogen-bond donors (Lipinski definition) is 1. The van der Waals surface area contributed by atoms with Crippen molar-refractivity contribution in [3.05, 3.63) is 83.8 Å². The van der Waals surface area contributed by atoms with Crippen LogP contribution in [-0.2, 0) is 0 Å². The van der Waals surface area contributed by atoms with Gasteiger partial charge in [0, 0.05) is 23.6 Å². The molecule has 27 heavy (non-hydrogen) atoms. The van der Waals surface area contributed by atoms with Crippen molar-refractivity contribution in [3.63, 3.8) is 0 Å².